The normalized spacial score (nSPS) is 13.0. The number of para-hydroxylation sites is 2. The molecule has 0 radical (unpaired) electrons. The zero-order valence-electron chi connectivity index (χ0n) is 33.3. The maximum Gasteiger partial charge on any atom is 0.160 e. The molecule has 2 aromatic heterocycles. The minimum absolute atomic E-state index is 0.192. The Morgan fingerprint density at radius 1 is 0.383 bits per heavy atom. The van der Waals surface area contributed by atoms with Crippen molar-refractivity contribution in [2.45, 2.75) is 19.3 Å². The van der Waals surface area contributed by atoms with Gasteiger partial charge < -0.3 is 13.7 Å². The van der Waals surface area contributed by atoms with Gasteiger partial charge in [-0.15, -0.1) is 0 Å². The Hall–Kier alpha value is -7.62. The molecular formula is C57H39NO2. The van der Waals surface area contributed by atoms with Gasteiger partial charge in [-0.05, 0) is 87.0 Å². The number of hydrogen-bond acceptors (Lipinski definition) is 3. The quantitative estimate of drug-likeness (QED) is 0.169. The Labute approximate surface area is 348 Å². The smallest absolute Gasteiger partial charge is 0.160 e. The minimum atomic E-state index is -0.192. The molecule has 2 heterocycles. The van der Waals surface area contributed by atoms with Crippen LogP contribution in [-0.4, -0.2) is 0 Å². The third-order valence-electron chi connectivity index (χ3n) is 12.7. The second-order valence-corrected chi connectivity index (χ2v) is 16.4. The van der Waals surface area contributed by atoms with Gasteiger partial charge in [-0.1, -0.05) is 172 Å². The van der Waals surface area contributed by atoms with Crippen LogP contribution in [0.4, 0.5) is 17.1 Å². The maximum absolute atomic E-state index is 7.24. The van der Waals surface area contributed by atoms with E-state index in [1.165, 1.54) is 33.4 Å². The van der Waals surface area contributed by atoms with Crippen molar-refractivity contribution in [3.05, 3.63) is 211 Å². The van der Waals surface area contributed by atoms with Crippen LogP contribution in [0, 0.1) is 0 Å². The van der Waals surface area contributed by atoms with Crippen LogP contribution in [0.25, 0.3) is 88.4 Å². The Morgan fingerprint density at radius 3 is 1.75 bits per heavy atom. The predicted octanol–water partition coefficient (Wildman–Crippen LogP) is 16.3. The third-order valence-corrected chi connectivity index (χ3v) is 12.7. The van der Waals surface area contributed by atoms with E-state index in [1.54, 1.807) is 0 Å². The number of rotatable bonds is 6. The van der Waals surface area contributed by atoms with Gasteiger partial charge in [0.15, 0.2) is 5.58 Å². The summed E-state index contributed by atoms with van der Waals surface area (Å²) in [5.41, 5.74) is 18.3. The number of furan rings is 2. The third kappa shape index (κ3) is 5.15. The number of nitrogens with zero attached hydrogens (tertiary/aromatic N) is 1. The van der Waals surface area contributed by atoms with Crippen molar-refractivity contribution >= 4 is 60.9 Å². The monoisotopic (exact) mass is 769 g/mol. The van der Waals surface area contributed by atoms with Crippen molar-refractivity contribution in [2.75, 3.05) is 4.90 Å². The molecule has 0 N–H and O–H groups in total. The predicted molar refractivity (Wildman–Crippen MR) is 250 cm³/mol. The number of benzene rings is 9. The van der Waals surface area contributed by atoms with Gasteiger partial charge in [-0.2, -0.15) is 0 Å². The second-order valence-electron chi connectivity index (χ2n) is 16.4. The van der Waals surface area contributed by atoms with Gasteiger partial charge in [0, 0.05) is 43.8 Å². The first-order valence-electron chi connectivity index (χ1n) is 20.7. The first-order valence-corrected chi connectivity index (χ1v) is 20.7. The second kappa shape index (κ2) is 13.2. The van der Waals surface area contributed by atoms with E-state index >= 15 is 0 Å². The van der Waals surface area contributed by atoms with E-state index in [2.05, 4.69) is 201 Å². The summed E-state index contributed by atoms with van der Waals surface area (Å²) in [6.07, 6.45) is 0. The van der Waals surface area contributed by atoms with E-state index in [9.17, 15) is 0 Å². The summed E-state index contributed by atoms with van der Waals surface area (Å²) in [7, 11) is 0. The molecule has 9 aromatic carbocycles. The van der Waals surface area contributed by atoms with Crippen molar-refractivity contribution in [2.24, 2.45) is 0 Å². The Bertz CT molecular complexity index is 3450. The largest absolute Gasteiger partial charge is 0.456 e. The maximum atomic E-state index is 7.24. The highest BCUT2D eigenvalue weighted by Crippen LogP contribution is 2.54. The number of hydrogen-bond donors (Lipinski definition) is 0. The van der Waals surface area contributed by atoms with E-state index in [0.29, 0.717) is 0 Å². The summed E-state index contributed by atoms with van der Waals surface area (Å²) in [5.74, 6) is 0. The lowest BCUT2D eigenvalue weighted by atomic mass is 9.82. The number of fused-ring (bicyclic) bond motifs is 10. The lowest BCUT2D eigenvalue weighted by Gasteiger charge is -2.31. The minimum Gasteiger partial charge on any atom is -0.456 e. The van der Waals surface area contributed by atoms with Crippen LogP contribution in [0.5, 0.6) is 0 Å². The summed E-state index contributed by atoms with van der Waals surface area (Å²) in [6, 6.07) is 71.9. The molecule has 3 nitrogen and oxygen atoms in total. The average molecular weight is 770 g/mol. The molecule has 0 saturated carbocycles. The van der Waals surface area contributed by atoms with Crippen LogP contribution in [-0.2, 0) is 5.41 Å². The van der Waals surface area contributed by atoms with E-state index in [-0.39, 0.29) is 5.41 Å². The van der Waals surface area contributed by atoms with Crippen LogP contribution in [0.1, 0.15) is 25.0 Å². The Morgan fingerprint density at radius 2 is 0.950 bits per heavy atom. The molecule has 3 heteroatoms. The van der Waals surface area contributed by atoms with Gasteiger partial charge in [0.05, 0.1) is 11.4 Å². The molecule has 11 aromatic rings. The molecule has 60 heavy (non-hydrogen) atoms. The Kier molecular flexibility index (Phi) is 7.58. The molecule has 284 valence electrons. The fourth-order valence-corrected chi connectivity index (χ4v) is 9.81. The highest BCUT2D eigenvalue weighted by Gasteiger charge is 2.36. The topological polar surface area (TPSA) is 29.5 Å². The first-order chi connectivity index (χ1) is 29.5. The average Bonchev–Trinajstić information content (AvgIpc) is 3.95. The lowest BCUT2D eigenvalue weighted by molar-refractivity contribution is 0.660. The summed E-state index contributed by atoms with van der Waals surface area (Å²) < 4.78 is 13.7. The molecule has 0 aliphatic heterocycles. The van der Waals surface area contributed by atoms with Crippen LogP contribution in [0.3, 0.4) is 0 Å². The molecule has 0 atom stereocenters. The van der Waals surface area contributed by atoms with Crippen molar-refractivity contribution in [3.8, 4) is 44.5 Å². The fourth-order valence-electron chi connectivity index (χ4n) is 9.81. The van der Waals surface area contributed by atoms with Crippen LogP contribution in [0.2, 0.25) is 0 Å². The van der Waals surface area contributed by atoms with Crippen molar-refractivity contribution < 1.29 is 8.83 Å². The van der Waals surface area contributed by atoms with E-state index in [1.807, 2.05) is 18.2 Å². The Balaban J connectivity index is 1.19. The van der Waals surface area contributed by atoms with Crippen LogP contribution < -0.4 is 4.90 Å². The zero-order chi connectivity index (χ0) is 40.0. The van der Waals surface area contributed by atoms with Gasteiger partial charge in [-0.3, -0.25) is 0 Å². The zero-order valence-corrected chi connectivity index (χ0v) is 33.3. The molecule has 12 rings (SSSR count). The highest BCUT2D eigenvalue weighted by atomic mass is 16.3. The van der Waals surface area contributed by atoms with Gasteiger partial charge in [0.2, 0.25) is 0 Å². The fraction of sp³-hybridized carbons (Fsp3) is 0.0526. The molecule has 1 aliphatic carbocycles. The van der Waals surface area contributed by atoms with Crippen molar-refractivity contribution in [1.29, 1.82) is 0 Å². The summed E-state index contributed by atoms with van der Waals surface area (Å²) in [6.45, 7) is 4.70. The van der Waals surface area contributed by atoms with Crippen LogP contribution in [0.15, 0.2) is 209 Å². The highest BCUT2D eigenvalue weighted by molar-refractivity contribution is 6.27. The van der Waals surface area contributed by atoms with E-state index in [0.717, 1.165) is 83.2 Å². The molecule has 0 spiro atoms. The molecule has 0 fully saturated rings. The number of anilines is 3. The van der Waals surface area contributed by atoms with Gasteiger partial charge in [0.25, 0.3) is 0 Å². The molecule has 0 amide bonds. The van der Waals surface area contributed by atoms with E-state index < -0.39 is 0 Å². The summed E-state index contributed by atoms with van der Waals surface area (Å²) in [5, 5.41) is 4.25. The lowest BCUT2D eigenvalue weighted by Crippen LogP contribution is -2.17. The molecule has 1 aliphatic rings. The first kappa shape index (κ1) is 34.4. The molecule has 0 bridgehead atoms. The van der Waals surface area contributed by atoms with Gasteiger partial charge in [0.1, 0.15) is 16.7 Å². The molecule has 0 unspecified atom stereocenters. The molecular weight excluding hydrogens is 731 g/mol. The van der Waals surface area contributed by atoms with Gasteiger partial charge in [-0.25, -0.2) is 0 Å². The van der Waals surface area contributed by atoms with E-state index in [4.69, 9.17) is 8.83 Å². The molecule has 0 saturated heterocycles. The SMILES string of the molecule is CC1(C)c2ccccc2-c2ccc(N(c3ccccc3-c3ccccc3)c3c(-c4ccc(-c5ccccc5)cc4)ccc4c3oc3ccc5oc6ccccc6c5c34)cc21. The van der Waals surface area contributed by atoms with Gasteiger partial charge >= 0.3 is 0 Å². The van der Waals surface area contributed by atoms with Crippen molar-refractivity contribution in [1.82, 2.24) is 0 Å². The summed E-state index contributed by atoms with van der Waals surface area (Å²) >= 11 is 0. The summed E-state index contributed by atoms with van der Waals surface area (Å²) in [4.78, 5) is 2.46. The standard InChI is InChI=1S/C57H39NO2/c1-57(2)47-22-12-9-20-43(47)44-30-29-40(35-48(44)57)58(49-23-13-10-19-41(49)38-17-7-4-8-18-38)55-42(39-27-25-37(26-28-39)36-15-5-3-6-16-36)31-32-46-54-52(60-56(46)55)34-33-51-53(54)45-21-11-14-24-50(45)59-51/h3-35H,1-2H3. The van der Waals surface area contributed by atoms with Crippen molar-refractivity contribution in [3.63, 3.8) is 0 Å². The van der Waals surface area contributed by atoms with Crippen LogP contribution >= 0.6 is 0 Å².